The number of anilines is 1. The molecule has 146 valence electrons. The molecule has 0 radical (unpaired) electrons. The molecule has 0 amide bonds. The number of hydrogen-bond acceptors (Lipinski definition) is 5. The molecule has 3 rings (SSSR count). The molecule has 1 aromatic heterocycles. The van der Waals surface area contributed by atoms with Gasteiger partial charge in [-0.25, -0.2) is 4.79 Å². The molecule has 0 bridgehead atoms. The van der Waals surface area contributed by atoms with Gasteiger partial charge in [-0.2, -0.15) is 0 Å². The second kappa shape index (κ2) is 8.31. The third kappa shape index (κ3) is 4.26. The van der Waals surface area contributed by atoms with Gasteiger partial charge in [-0.05, 0) is 61.5 Å². The van der Waals surface area contributed by atoms with Crippen LogP contribution in [0.3, 0.4) is 0 Å². The van der Waals surface area contributed by atoms with Crippen LogP contribution in [0.15, 0.2) is 51.7 Å². The van der Waals surface area contributed by atoms with Gasteiger partial charge in [-0.15, -0.1) is 0 Å². The number of aryl methyl sites for hydroxylation is 1. The summed E-state index contributed by atoms with van der Waals surface area (Å²) in [6, 6.07) is 12.7. The summed E-state index contributed by atoms with van der Waals surface area (Å²) in [5.74, 6) is 1.33. The van der Waals surface area contributed by atoms with Crippen LogP contribution in [0.25, 0.3) is 11.0 Å². The quantitative estimate of drug-likeness (QED) is 0.494. The minimum atomic E-state index is -0.370. The maximum atomic E-state index is 11.6. The van der Waals surface area contributed by atoms with Gasteiger partial charge in [-0.1, -0.05) is 6.07 Å². The van der Waals surface area contributed by atoms with E-state index in [0.717, 1.165) is 22.2 Å². The van der Waals surface area contributed by atoms with Gasteiger partial charge in [0.2, 0.25) is 0 Å². The molecule has 0 aliphatic rings. The van der Waals surface area contributed by atoms with Gasteiger partial charge in [0.05, 0.1) is 20.3 Å². The van der Waals surface area contributed by atoms with Crippen LogP contribution >= 0.6 is 12.2 Å². The lowest BCUT2D eigenvalue weighted by Crippen LogP contribution is -2.30. The molecule has 7 heteroatoms. The van der Waals surface area contributed by atoms with Crippen molar-refractivity contribution in [2.45, 2.75) is 19.9 Å². The van der Waals surface area contributed by atoms with Crippen molar-refractivity contribution in [1.82, 2.24) is 5.32 Å². The molecule has 0 aliphatic heterocycles. The molecule has 0 saturated carbocycles. The summed E-state index contributed by atoms with van der Waals surface area (Å²) in [7, 11) is 3.21. The molecule has 1 unspecified atom stereocenters. The highest BCUT2D eigenvalue weighted by Gasteiger charge is 2.12. The summed E-state index contributed by atoms with van der Waals surface area (Å²) in [4.78, 5) is 11.6. The van der Waals surface area contributed by atoms with E-state index in [2.05, 4.69) is 10.6 Å². The first-order chi connectivity index (χ1) is 13.4. The molecule has 3 aromatic rings. The third-order valence-corrected chi connectivity index (χ3v) is 4.68. The van der Waals surface area contributed by atoms with Crippen molar-refractivity contribution in [1.29, 1.82) is 0 Å². The van der Waals surface area contributed by atoms with E-state index in [1.165, 1.54) is 6.07 Å². The van der Waals surface area contributed by atoms with Crippen LogP contribution in [0.1, 0.15) is 24.1 Å². The number of benzene rings is 2. The smallest absolute Gasteiger partial charge is 0.336 e. The Hall–Kier alpha value is -3.06. The lowest BCUT2D eigenvalue weighted by molar-refractivity contribution is 0.354. The van der Waals surface area contributed by atoms with Crippen molar-refractivity contribution in [3.8, 4) is 11.5 Å². The Bertz CT molecular complexity index is 1080. The van der Waals surface area contributed by atoms with Crippen LogP contribution in [0.2, 0.25) is 0 Å². The Kier molecular flexibility index (Phi) is 5.84. The highest BCUT2D eigenvalue weighted by Crippen LogP contribution is 2.30. The molecule has 0 saturated heterocycles. The minimum Gasteiger partial charge on any atom is -0.493 e. The summed E-state index contributed by atoms with van der Waals surface area (Å²) in [6.07, 6.45) is 0. The topological polar surface area (TPSA) is 72.7 Å². The minimum absolute atomic E-state index is 0.0551. The fourth-order valence-electron chi connectivity index (χ4n) is 2.97. The number of rotatable bonds is 5. The van der Waals surface area contributed by atoms with Crippen molar-refractivity contribution in [2.24, 2.45) is 0 Å². The van der Waals surface area contributed by atoms with Gasteiger partial charge >= 0.3 is 5.63 Å². The van der Waals surface area contributed by atoms with Crippen molar-refractivity contribution < 1.29 is 13.9 Å². The van der Waals surface area contributed by atoms with E-state index >= 15 is 0 Å². The SMILES string of the molecule is COc1ccc(C(C)NC(=S)Nc2ccc3c(C)cc(=O)oc3c2)cc1OC. The molecule has 0 aliphatic carbocycles. The number of methoxy groups -OCH3 is 2. The average molecular weight is 398 g/mol. The van der Waals surface area contributed by atoms with Crippen LogP contribution in [-0.4, -0.2) is 19.3 Å². The fourth-order valence-corrected chi connectivity index (χ4v) is 3.27. The third-order valence-electron chi connectivity index (χ3n) is 4.46. The van der Waals surface area contributed by atoms with Gasteiger partial charge in [0, 0.05) is 23.2 Å². The fraction of sp³-hybridized carbons (Fsp3) is 0.238. The largest absolute Gasteiger partial charge is 0.493 e. The second-order valence-corrected chi connectivity index (χ2v) is 6.80. The van der Waals surface area contributed by atoms with E-state index < -0.39 is 0 Å². The highest BCUT2D eigenvalue weighted by molar-refractivity contribution is 7.80. The van der Waals surface area contributed by atoms with E-state index in [1.807, 2.05) is 44.2 Å². The van der Waals surface area contributed by atoms with Crippen LogP contribution in [-0.2, 0) is 0 Å². The van der Waals surface area contributed by atoms with E-state index in [4.69, 9.17) is 26.1 Å². The molecular formula is C21H22N2O4S. The van der Waals surface area contributed by atoms with Gasteiger partial charge in [-0.3, -0.25) is 0 Å². The lowest BCUT2D eigenvalue weighted by atomic mass is 10.1. The maximum absolute atomic E-state index is 11.6. The summed E-state index contributed by atoms with van der Waals surface area (Å²) in [6.45, 7) is 3.88. The van der Waals surface area contributed by atoms with Gasteiger partial charge in [0.25, 0.3) is 0 Å². The first kappa shape index (κ1) is 19.7. The van der Waals surface area contributed by atoms with Crippen molar-refractivity contribution in [3.63, 3.8) is 0 Å². The monoisotopic (exact) mass is 398 g/mol. The summed E-state index contributed by atoms with van der Waals surface area (Å²) in [5.41, 5.74) is 2.76. The summed E-state index contributed by atoms with van der Waals surface area (Å²) < 4.78 is 15.9. The standard InChI is InChI=1S/C21H22N2O4S/c1-12-9-20(24)27-18-11-15(6-7-16(12)18)23-21(28)22-13(2)14-5-8-17(25-3)19(10-14)26-4/h5-11,13H,1-4H3,(H2,22,23,28). The second-order valence-electron chi connectivity index (χ2n) is 6.39. The van der Waals surface area contributed by atoms with Crippen LogP contribution in [0.5, 0.6) is 11.5 Å². The highest BCUT2D eigenvalue weighted by atomic mass is 32.1. The molecule has 28 heavy (non-hydrogen) atoms. The molecule has 0 fully saturated rings. The molecule has 2 N–H and O–H groups in total. The average Bonchev–Trinajstić information content (AvgIpc) is 2.66. The number of nitrogens with one attached hydrogen (secondary N) is 2. The Morgan fingerprint density at radius 2 is 1.82 bits per heavy atom. The number of ether oxygens (including phenoxy) is 2. The van der Waals surface area contributed by atoms with Gasteiger partial charge < -0.3 is 24.5 Å². The van der Waals surface area contributed by atoms with Crippen LogP contribution < -0.4 is 25.7 Å². The molecule has 0 spiro atoms. The summed E-state index contributed by atoms with van der Waals surface area (Å²) in [5, 5.41) is 7.71. The lowest BCUT2D eigenvalue weighted by Gasteiger charge is -2.19. The van der Waals surface area contributed by atoms with E-state index in [-0.39, 0.29) is 11.7 Å². The maximum Gasteiger partial charge on any atom is 0.336 e. The number of fused-ring (bicyclic) bond motifs is 1. The van der Waals surface area contributed by atoms with Gasteiger partial charge in [0.15, 0.2) is 16.6 Å². The van der Waals surface area contributed by atoms with E-state index in [1.54, 1.807) is 20.3 Å². The normalized spacial score (nSPS) is 11.7. The Morgan fingerprint density at radius 1 is 1.07 bits per heavy atom. The predicted molar refractivity (Wildman–Crippen MR) is 115 cm³/mol. The Labute approximate surface area is 168 Å². The zero-order chi connectivity index (χ0) is 20.3. The number of thiocarbonyl (C=S) groups is 1. The molecule has 2 aromatic carbocycles. The van der Waals surface area contributed by atoms with Crippen molar-refractivity contribution in [2.75, 3.05) is 19.5 Å². The Balaban J connectivity index is 1.73. The van der Waals surface area contributed by atoms with Crippen LogP contribution in [0, 0.1) is 6.92 Å². The first-order valence-corrected chi connectivity index (χ1v) is 9.16. The first-order valence-electron chi connectivity index (χ1n) is 8.75. The number of hydrogen-bond donors (Lipinski definition) is 2. The van der Waals surface area contributed by atoms with Crippen molar-refractivity contribution >= 4 is 34.0 Å². The predicted octanol–water partition coefficient (Wildman–Crippen LogP) is 4.17. The summed E-state index contributed by atoms with van der Waals surface area (Å²) >= 11 is 5.43. The molecular weight excluding hydrogens is 376 g/mol. The Morgan fingerprint density at radius 3 is 2.54 bits per heavy atom. The van der Waals surface area contributed by atoms with E-state index in [9.17, 15) is 4.79 Å². The molecule has 1 heterocycles. The molecule has 6 nitrogen and oxygen atoms in total. The zero-order valence-electron chi connectivity index (χ0n) is 16.2. The van der Waals surface area contributed by atoms with E-state index in [0.29, 0.717) is 22.2 Å². The van der Waals surface area contributed by atoms with Crippen LogP contribution in [0.4, 0.5) is 5.69 Å². The zero-order valence-corrected chi connectivity index (χ0v) is 17.0. The van der Waals surface area contributed by atoms with Crippen molar-refractivity contribution in [3.05, 3.63) is 64.0 Å². The van der Waals surface area contributed by atoms with Gasteiger partial charge in [0.1, 0.15) is 5.58 Å². The molecule has 1 atom stereocenters.